The van der Waals surface area contributed by atoms with E-state index in [1.54, 1.807) is 12.1 Å². The number of nitrogens with one attached hydrogen (secondary N) is 1. The van der Waals surface area contributed by atoms with Gasteiger partial charge in [-0.25, -0.2) is 4.39 Å². The topological polar surface area (TPSA) is 30.5 Å². The van der Waals surface area contributed by atoms with Crippen LogP contribution in [0.5, 0.6) is 11.5 Å². The first-order valence-electron chi connectivity index (χ1n) is 6.68. The minimum absolute atomic E-state index is 0.102. The highest BCUT2D eigenvalue weighted by Crippen LogP contribution is 2.35. The Hall–Kier alpha value is -1.78. The molecule has 0 radical (unpaired) electrons. The average Bonchev–Trinajstić information content (AvgIpc) is 2.90. The van der Waals surface area contributed by atoms with Gasteiger partial charge >= 0.3 is 0 Å². The fourth-order valence-corrected chi connectivity index (χ4v) is 2.52. The molecule has 0 aliphatic carbocycles. The van der Waals surface area contributed by atoms with Crippen molar-refractivity contribution in [1.82, 2.24) is 5.32 Å². The van der Waals surface area contributed by atoms with E-state index in [0.29, 0.717) is 19.0 Å². The molecule has 1 N–H and O–H groups in total. The first-order chi connectivity index (χ1) is 10.2. The van der Waals surface area contributed by atoms with E-state index in [1.165, 1.54) is 6.07 Å². The van der Waals surface area contributed by atoms with Gasteiger partial charge in [0.05, 0.1) is 11.1 Å². The third kappa shape index (κ3) is 2.96. The molecule has 0 aromatic heterocycles. The second-order valence-electron chi connectivity index (χ2n) is 4.89. The molecule has 0 amide bonds. The summed E-state index contributed by atoms with van der Waals surface area (Å²) in [6.45, 7) is 0.955. The fourth-order valence-electron chi connectivity index (χ4n) is 2.32. The number of rotatable bonds is 4. The van der Waals surface area contributed by atoms with Crippen LogP contribution in [-0.2, 0) is 6.61 Å². The maximum atomic E-state index is 13.1. The van der Waals surface area contributed by atoms with Crippen LogP contribution in [0.2, 0.25) is 5.02 Å². The van der Waals surface area contributed by atoms with Gasteiger partial charge in [0, 0.05) is 11.6 Å². The summed E-state index contributed by atoms with van der Waals surface area (Å²) in [5, 5.41) is 3.30. The van der Waals surface area contributed by atoms with Crippen molar-refractivity contribution in [3.05, 3.63) is 58.4 Å². The number of hydrogen-bond donors (Lipinski definition) is 1. The zero-order valence-electron chi connectivity index (χ0n) is 11.5. The number of fused-ring (bicyclic) bond motifs is 1. The van der Waals surface area contributed by atoms with Gasteiger partial charge in [0.15, 0.2) is 0 Å². The van der Waals surface area contributed by atoms with E-state index in [2.05, 4.69) is 5.32 Å². The zero-order chi connectivity index (χ0) is 14.8. The molecule has 2 aromatic rings. The summed E-state index contributed by atoms with van der Waals surface area (Å²) < 4.78 is 24.4. The molecule has 1 atom stereocenters. The Morgan fingerprint density at radius 1 is 1.33 bits per heavy atom. The van der Waals surface area contributed by atoms with E-state index < -0.39 is 5.82 Å². The lowest BCUT2D eigenvalue weighted by molar-refractivity contribution is 0.298. The number of likely N-dealkylation sites (N-methyl/N-ethyl adjacent to an activating group) is 1. The summed E-state index contributed by atoms with van der Waals surface area (Å²) in [7, 11) is 1.91. The molecule has 110 valence electrons. The Labute approximate surface area is 127 Å². The molecule has 21 heavy (non-hydrogen) atoms. The van der Waals surface area contributed by atoms with E-state index in [4.69, 9.17) is 21.1 Å². The van der Waals surface area contributed by atoms with Crippen molar-refractivity contribution < 1.29 is 13.9 Å². The molecular formula is C16H15ClFNO2. The Balaban J connectivity index is 1.70. The molecule has 0 fully saturated rings. The lowest BCUT2D eigenvalue weighted by Crippen LogP contribution is -2.17. The van der Waals surface area contributed by atoms with Gasteiger partial charge in [0.25, 0.3) is 0 Å². The van der Waals surface area contributed by atoms with Crippen molar-refractivity contribution in [3.63, 3.8) is 0 Å². The van der Waals surface area contributed by atoms with Crippen LogP contribution in [0.1, 0.15) is 17.2 Å². The van der Waals surface area contributed by atoms with Crippen molar-refractivity contribution in [2.45, 2.75) is 12.6 Å². The van der Waals surface area contributed by atoms with Gasteiger partial charge in [-0.1, -0.05) is 17.7 Å². The van der Waals surface area contributed by atoms with Crippen LogP contribution < -0.4 is 14.8 Å². The third-order valence-corrected chi connectivity index (χ3v) is 3.79. The predicted octanol–water partition coefficient (Wildman–Crippen LogP) is 3.71. The first-order valence-corrected chi connectivity index (χ1v) is 7.06. The molecule has 0 bridgehead atoms. The van der Waals surface area contributed by atoms with E-state index in [-0.39, 0.29) is 11.1 Å². The summed E-state index contributed by atoms with van der Waals surface area (Å²) in [6.07, 6.45) is 0. The lowest BCUT2D eigenvalue weighted by atomic mass is 10.1. The average molecular weight is 308 g/mol. The molecule has 3 rings (SSSR count). The smallest absolute Gasteiger partial charge is 0.141 e. The standard InChI is InChI=1S/C16H15ClFNO2/c1-19-15-9-21-16-7-11(3-4-12(15)16)20-8-10-2-5-14(18)13(17)6-10/h2-7,15,19H,8-9H2,1H3. The number of hydrogen-bond acceptors (Lipinski definition) is 3. The van der Waals surface area contributed by atoms with Crippen LogP contribution in [0.25, 0.3) is 0 Å². The molecule has 0 saturated carbocycles. The van der Waals surface area contributed by atoms with E-state index in [9.17, 15) is 4.39 Å². The Morgan fingerprint density at radius 2 is 2.19 bits per heavy atom. The van der Waals surface area contributed by atoms with Crippen LogP contribution in [0.3, 0.4) is 0 Å². The minimum atomic E-state index is -0.426. The van der Waals surface area contributed by atoms with Crippen LogP contribution in [0, 0.1) is 5.82 Å². The van der Waals surface area contributed by atoms with Gasteiger partial charge in [0.2, 0.25) is 0 Å². The second kappa shape index (κ2) is 5.92. The Kier molecular flexibility index (Phi) is 3.99. The number of halogens is 2. The van der Waals surface area contributed by atoms with Gasteiger partial charge in [-0.3, -0.25) is 0 Å². The van der Waals surface area contributed by atoms with Crippen molar-refractivity contribution in [1.29, 1.82) is 0 Å². The third-order valence-electron chi connectivity index (χ3n) is 3.50. The van der Waals surface area contributed by atoms with Crippen molar-refractivity contribution in [2.75, 3.05) is 13.7 Å². The monoisotopic (exact) mass is 307 g/mol. The van der Waals surface area contributed by atoms with Crippen LogP contribution >= 0.6 is 11.6 Å². The zero-order valence-corrected chi connectivity index (χ0v) is 12.3. The summed E-state index contributed by atoms with van der Waals surface area (Å²) in [5.41, 5.74) is 1.95. The maximum absolute atomic E-state index is 13.1. The van der Waals surface area contributed by atoms with E-state index in [1.807, 2.05) is 25.2 Å². The molecule has 0 spiro atoms. The summed E-state index contributed by atoms with van der Waals surface area (Å²) in [6, 6.07) is 10.6. The van der Waals surface area contributed by atoms with Gasteiger partial charge in [-0.2, -0.15) is 0 Å². The van der Waals surface area contributed by atoms with Crippen molar-refractivity contribution in [2.24, 2.45) is 0 Å². The fraction of sp³-hybridized carbons (Fsp3) is 0.250. The quantitative estimate of drug-likeness (QED) is 0.934. The highest BCUT2D eigenvalue weighted by atomic mass is 35.5. The SMILES string of the molecule is CNC1COc2cc(OCc3ccc(F)c(Cl)c3)ccc21. The van der Waals surface area contributed by atoms with Gasteiger partial charge < -0.3 is 14.8 Å². The number of benzene rings is 2. The largest absolute Gasteiger partial charge is 0.491 e. The van der Waals surface area contributed by atoms with Crippen molar-refractivity contribution in [3.8, 4) is 11.5 Å². The van der Waals surface area contributed by atoms with Gasteiger partial charge in [-0.05, 0) is 36.9 Å². The van der Waals surface area contributed by atoms with Gasteiger partial charge in [0.1, 0.15) is 30.5 Å². The summed E-state index contributed by atoms with van der Waals surface area (Å²) >= 11 is 5.75. The molecule has 1 aliphatic heterocycles. The second-order valence-corrected chi connectivity index (χ2v) is 5.30. The predicted molar refractivity (Wildman–Crippen MR) is 79.5 cm³/mol. The Bertz CT molecular complexity index is 663. The van der Waals surface area contributed by atoms with E-state index in [0.717, 1.165) is 16.9 Å². The van der Waals surface area contributed by atoms with E-state index >= 15 is 0 Å². The molecule has 3 nitrogen and oxygen atoms in total. The summed E-state index contributed by atoms with van der Waals surface area (Å²) in [5.74, 6) is 1.12. The molecule has 5 heteroatoms. The highest BCUT2D eigenvalue weighted by molar-refractivity contribution is 6.30. The Morgan fingerprint density at radius 3 is 2.95 bits per heavy atom. The molecule has 1 unspecified atom stereocenters. The maximum Gasteiger partial charge on any atom is 0.141 e. The van der Waals surface area contributed by atoms with Crippen LogP contribution in [0.4, 0.5) is 4.39 Å². The van der Waals surface area contributed by atoms with Crippen LogP contribution in [0.15, 0.2) is 36.4 Å². The molecule has 1 heterocycles. The minimum Gasteiger partial charge on any atom is -0.491 e. The normalized spacial score (nSPS) is 16.4. The molecule has 1 aliphatic rings. The molecule has 2 aromatic carbocycles. The highest BCUT2D eigenvalue weighted by Gasteiger charge is 2.22. The molecule has 0 saturated heterocycles. The van der Waals surface area contributed by atoms with Gasteiger partial charge in [-0.15, -0.1) is 0 Å². The van der Waals surface area contributed by atoms with Crippen LogP contribution in [-0.4, -0.2) is 13.7 Å². The summed E-state index contributed by atoms with van der Waals surface area (Å²) in [4.78, 5) is 0. The van der Waals surface area contributed by atoms with Crippen molar-refractivity contribution >= 4 is 11.6 Å². The first kappa shape index (κ1) is 14.2. The molecular weight excluding hydrogens is 293 g/mol. The number of ether oxygens (including phenoxy) is 2. The lowest BCUT2D eigenvalue weighted by Gasteiger charge is -2.09.